The number of aromatic nitrogens is 2. The van der Waals surface area contributed by atoms with Crippen molar-refractivity contribution in [3.8, 4) is 5.75 Å². The summed E-state index contributed by atoms with van der Waals surface area (Å²) in [5.74, 6) is 0.807. The standard InChI is InChI=1S/C14H17Br2N3O/c1-9(2)19-8-11(7-18-19)17-6-10-4-12(15)14(20-3)13(16)5-10/h4-5,7-9,17H,6H2,1-3H3. The number of nitrogens with zero attached hydrogens (tertiary/aromatic N) is 2. The third-order valence-electron chi connectivity index (χ3n) is 2.89. The van der Waals surface area contributed by atoms with Crippen LogP contribution in [0.3, 0.4) is 0 Å². The molecule has 0 amide bonds. The molecule has 4 nitrogen and oxygen atoms in total. The first-order valence-electron chi connectivity index (χ1n) is 6.31. The quantitative estimate of drug-likeness (QED) is 0.793. The molecule has 0 atom stereocenters. The Hall–Kier alpha value is -1.01. The second-order valence-electron chi connectivity index (χ2n) is 4.75. The van der Waals surface area contributed by atoms with Crippen LogP contribution in [0.25, 0.3) is 0 Å². The number of anilines is 1. The van der Waals surface area contributed by atoms with Crippen LogP contribution in [0.15, 0.2) is 33.5 Å². The van der Waals surface area contributed by atoms with Gasteiger partial charge in [-0.1, -0.05) is 0 Å². The number of hydrogen-bond donors (Lipinski definition) is 1. The van der Waals surface area contributed by atoms with Gasteiger partial charge in [0, 0.05) is 18.8 Å². The highest BCUT2D eigenvalue weighted by Gasteiger charge is 2.08. The van der Waals surface area contributed by atoms with Gasteiger partial charge in [-0.15, -0.1) is 0 Å². The first-order chi connectivity index (χ1) is 9.51. The number of hydrogen-bond acceptors (Lipinski definition) is 3. The Kier molecular flexibility index (Phi) is 5.10. The molecule has 2 aromatic rings. The fourth-order valence-electron chi connectivity index (χ4n) is 1.83. The lowest BCUT2D eigenvalue weighted by Gasteiger charge is -2.10. The molecule has 1 aromatic carbocycles. The monoisotopic (exact) mass is 401 g/mol. The average molecular weight is 403 g/mol. The summed E-state index contributed by atoms with van der Waals surface area (Å²) in [5.41, 5.74) is 2.17. The third kappa shape index (κ3) is 3.55. The number of nitrogens with one attached hydrogen (secondary N) is 1. The lowest BCUT2D eigenvalue weighted by molar-refractivity contribution is 0.409. The maximum absolute atomic E-state index is 5.30. The lowest BCUT2D eigenvalue weighted by atomic mass is 10.2. The second kappa shape index (κ2) is 6.63. The molecular weight excluding hydrogens is 386 g/mol. The van der Waals surface area contributed by atoms with Crippen LogP contribution >= 0.6 is 31.9 Å². The van der Waals surface area contributed by atoms with Gasteiger partial charge in [0.2, 0.25) is 0 Å². The van der Waals surface area contributed by atoms with E-state index in [0.29, 0.717) is 6.04 Å². The van der Waals surface area contributed by atoms with E-state index in [2.05, 4.69) is 56.1 Å². The molecule has 0 fully saturated rings. The molecule has 0 aliphatic rings. The third-order valence-corrected chi connectivity index (χ3v) is 4.07. The number of benzene rings is 1. The summed E-state index contributed by atoms with van der Waals surface area (Å²) in [6.45, 7) is 4.94. The van der Waals surface area contributed by atoms with E-state index in [4.69, 9.17) is 4.74 Å². The molecule has 1 N–H and O–H groups in total. The molecule has 0 saturated carbocycles. The summed E-state index contributed by atoms with van der Waals surface area (Å²) in [7, 11) is 1.66. The summed E-state index contributed by atoms with van der Waals surface area (Å²) in [4.78, 5) is 0. The number of rotatable bonds is 5. The van der Waals surface area contributed by atoms with Gasteiger partial charge in [0.1, 0.15) is 5.75 Å². The Morgan fingerprint density at radius 2 is 1.95 bits per heavy atom. The first kappa shape index (κ1) is 15.4. The molecule has 0 spiro atoms. The van der Waals surface area contributed by atoms with Gasteiger partial charge in [0.25, 0.3) is 0 Å². The van der Waals surface area contributed by atoms with Crippen molar-refractivity contribution in [1.82, 2.24) is 9.78 Å². The summed E-state index contributed by atoms with van der Waals surface area (Å²) < 4.78 is 9.10. The van der Waals surface area contributed by atoms with Crippen LogP contribution in [0.2, 0.25) is 0 Å². The van der Waals surface area contributed by atoms with Crippen molar-refractivity contribution in [3.05, 3.63) is 39.0 Å². The van der Waals surface area contributed by atoms with Gasteiger partial charge in [0.05, 0.1) is 27.9 Å². The molecule has 0 unspecified atom stereocenters. The zero-order chi connectivity index (χ0) is 14.7. The van der Waals surface area contributed by atoms with Crippen LogP contribution in [-0.2, 0) is 6.54 Å². The zero-order valence-corrected chi connectivity index (χ0v) is 14.8. The predicted molar refractivity (Wildman–Crippen MR) is 88.3 cm³/mol. The van der Waals surface area contributed by atoms with Crippen molar-refractivity contribution in [1.29, 1.82) is 0 Å². The van der Waals surface area contributed by atoms with E-state index in [1.54, 1.807) is 7.11 Å². The van der Waals surface area contributed by atoms with Crippen molar-refractivity contribution < 1.29 is 4.74 Å². The van der Waals surface area contributed by atoms with E-state index in [1.165, 1.54) is 0 Å². The van der Waals surface area contributed by atoms with Gasteiger partial charge in [-0.3, -0.25) is 4.68 Å². The Morgan fingerprint density at radius 3 is 2.45 bits per heavy atom. The molecule has 0 aliphatic heterocycles. The summed E-state index contributed by atoms with van der Waals surface area (Å²) in [6, 6.07) is 4.46. The maximum atomic E-state index is 5.30. The van der Waals surface area contributed by atoms with E-state index in [0.717, 1.165) is 32.5 Å². The highest BCUT2D eigenvalue weighted by atomic mass is 79.9. The average Bonchev–Trinajstić information content (AvgIpc) is 2.85. The Bertz CT molecular complexity index is 573. The van der Waals surface area contributed by atoms with Crippen molar-refractivity contribution in [2.45, 2.75) is 26.4 Å². The van der Waals surface area contributed by atoms with Crippen LogP contribution in [0, 0.1) is 0 Å². The maximum Gasteiger partial charge on any atom is 0.147 e. The van der Waals surface area contributed by atoms with E-state index in [9.17, 15) is 0 Å². The smallest absolute Gasteiger partial charge is 0.147 e. The molecule has 1 aromatic heterocycles. The lowest BCUT2D eigenvalue weighted by Crippen LogP contribution is -2.01. The van der Waals surface area contributed by atoms with Gasteiger partial charge in [-0.25, -0.2) is 0 Å². The molecular formula is C14H17Br2N3O. The predicted octanol–water partition coefficient (Wildman–Crippen LogP) is 4.61. The summed E-state index contributed by atoms with van der Waals surface area (Å²) in [6.07, 6.45) is 3.85. The molecule has 1 heterocycles. The topological polar surface area (TPSA) is 39.1 Å². The molecule has 0 aliphatic carbocycles. The fourth-order valence-corrected chi connectivity index (χ4v) is 3.43. The Labute approximate surface area is 135 Å². The number of methoxy groups -OCH3 is 1. The van der Waals surface area contributed by atoms with Crippen molar-refractivity contribution in [3.63, 3.8) is 0 Å². The Balaban J connectivity index is 2.07. The van der Waals surface area contributed by atoms with Crippen molar-refractivity contribution in [2.75, 3.05) is 12.4 Å². The molecule has 0 bridgehead atoms. The highest BCUT2D eigenvalue weighted by Crippen LogP contribution is 2.34. The fraction of sp³-hybridized carbons (Fsp3) is 0.357. The molecule has 2 rings (SSSR count). The van der Waals surface area contributed by atoms with Gasteiger partial charge in [0.15, 0.2) is 0 Å². The van der Waals surface area contributed by atoms with Crippen LogP contribution in [0.1, 0.15) is 25.5 Å². The van der Waals surface area contributed by atoms with E-state index in [1.807, 2.05) is 29.2 Å². The van der Waals surface area contributed by atoms with E-state index in [-0.39, 0.29) is 0 Å². The zero-order valence-electron chi connectivity index (χ0n) is 11.7. The number of halogens is 2. The van der Waals surface area contributed by atoms with Gasteiger partial charge in [-0.05, 0) is 63.4 Å². The first-order valence-corrected chi connectivity index (χ1v) is 7.89. The van der Waals surface area contributed by atoms with Gasteiger partial charge in [-0.2, -0.15) is 5.10 Å². The molecule has 20 heavy (non-hydrogen) atoms. The van der Waals surface area contributed by atoms with E-state index < -0.39 is 0 Å². The largest absolute Gasteiger partial charge is 0.494 e. The summed E-state index contributed by atoms with van der Waals surface area (Å²) in [5, 5.41) is 7.67. The van der Waals surface area contributed by atoms with Crippen molar-refractivity contribution >= 4 is 37.5 Å². The van der Waals surface area contributed by atoms with Gasteiger partial charge >= 0.3 is 0 Å². The van der Waals surface area contributed by atoms with Crippen LogP contribution < -0.4 is 10.1 Å². The van der Waals surface area contributed by atoms with Gasteiger partial charge < -0.3 is 10.1 Å². The second-order valence-corrected chi connectivity index (χ2v) is 6.46. The molecule has 108 valence electrons. The van der Waals surface area contributed by atoms with Crippen LogP contribution in [-0.4, -0.2) is 16.9 Å². The van der Waals surface area contributed by atoms with E-state index >= 15 is 0 Å². The van der Waals surface area contributed by atoms with Crippen molar-refractivity contribution in [2.24, 2.45) is 0 Å². The minimum atomic E-state index is 0.370. The molecule has 6 heteroatoms. The molecule has 0 saturated heterocycles. The van der Waals surface area contributed by atoms with Crippen LogP contribution in [0.5, 0.6) is 5.75 Å². The SMILES string of the molecule is COc1c(Br)cc(CNc2cnn(C(C)C)c2)cc1Br. The minimum absolute atomic E-state index is 0.370. The Morgan fingerprint density at radius 1 is 1.30 bits per heavy atom. The highest BCUT2D eigenvalue weighted by molar-refractivity contribution is 9.11. The minimum Gasteiger partial charge on any atom is -0.494 e. The normalized spacial score (nSPS) is 10.9. The molecule has 0 radical (unpaired) electrons. The van der Waals surface area contributed by atoms with Crippen LogP contribution in [0.4, 0.5) is 5.69 Å². The number of ether oxygens (including phenoxy) is 1. The summed E-state index contributed by atoms with van der Waals surface area (Å²) >= 11 is 7.02.